The van der Waals surface area contributed by atoms with Crippen molar-refractivity contribution in [2.75, 3.05) is 0 Å². The lowest BCUT2D eigenvalue weighted by atomic mass is 9.89. The number of hydrogen-bond donors (Lipinski definition) is 2. The lowest BCUT2D eigenvalue weighted by Crippen LogP contribution is -2.35. The Morgan fingerprint density at radius 3 is 2.43 bits per heavy atom. The van der Waals surface area contributed by atoms with Crippen molar-refractivity contribution in [2.45, 2.75) is 44.7 Å². The Balaban J connectivity index is 1.69. The van der Waals surface area contributed by atoms with E-state index in [2.05, 4.69) is 23.5 Å². The normalized spacial score (nSPS) is 16.3. The third-order valence-electron chi connectivity index (χ3n) is 4.67. The highest BCUT2D eigenvalue weighted by Gasteiger charge is 2.19. The van der Waals surface area contributed by atoms with Crippen LogP contribution >= 0.6 is 0 Å². The van der Waals surface area contributed by atoms with Crippen molar-refractivity contribution >= 4 is 5.91 Å². The summed E-state index contributed by atoms with van der Waals surface area (Å²) in [7, 11) is 0. The molecule has 0 saturated heterocycles. The van der Waals surface area contributed by atoms with Crippen molar-refractivity contribution in [2.24, 2.45) is 5.73 Å². The fraction of sp³-hybridized carbons (Fsp3) is 0.350. The Labute approximate surface area is 137 Å². The molecular formula is C20H24N2O. The molecule has 0 spiro atoms. The Morgan fingerprint density at radius 1 is 1.00 bits per heavy atom. The Morgan fingerprint density at radius 2 is 1.70 bits per heavy atom. The molecule has 1 amide bonds. The lowest BCUT2D eigenvalue weighted by molar-refractivity contribution is -0.123. The molecule has 120 valence electrons. The topological polar surface area (TPSA) is 55.1 Å². The number of rotatable bonds is 4. The Bertz CT molecular complexity index is 681. The molecule has 1 aliphatic carbocycles. The van der Waals surface area contributed by atoms with Gasteiger partial charge in [-0.05, 0) is 54.9 Å². The highest BCUT2D eigenvalue weighted by molar-refractivity contribution is 5.83. The van der Waals surface area contributed by atoms with Gasteiger partial charge in [0.1, 0.15) is 6.04 Å². The van der Waals surface area contributed by atoms with Crippen LogP contribution in [0, 0.1) is 0 Å². The first-order valence-electron chi connectivity index (χ1n) is 8.38. The van der Waals surface area contributed by atoms with E-state index in [-0.39, 0.29) is 11.9 Å². The average Bonchev–Trinajstić information content (AvgIpc) is 2.61. The van der Waals surface area contributed by atoms with E-state index in [1.165, 1.54) is 30.4 Å². The largest absolute Gasteiger partial charge is 0.348 e. The number of carbonyl (C=O) groups excluding carboxylic acids is 1. The summed E-state index contributed by atoms with van der Waals surface area (Å²) < 4.78 is 0. The van der Waals surface area contributed by atoms with Crippen LogP contribution in [0.1, 0.15) is 54.1 Å². The van der Waals surface area contributed by atoms with E-state index >= 15 is 0 Å². The molecular weight excluding hydrogens is 284 g/mol. The zero-order valence-corrected chi connectivity index (χ0v) is 13.6. The number of nitrogens with one attached hydrogen (secondary N) is 1. The molecule has 2 aromatic rings. The molecule has 2 aromatic carbocycles. The second-order valence-electron chi connectivity index (χ2n) is 6.35. The predicted molar refractivity (Wildman–Crippen MR) is 93.0 cm³/mol. The van der Waals surface area contributed by atoms with Gasteiger partial charge in [0.05, 0.1) is 6.04 Å². The summed E-state index contributed by atoms with van der Waals surface area (Å²) in [4.78, 5) is 12.4. The van der Waals surface area contributed by atoms with Crippen LogP contribution in [0.25, 0.3) is 0 Å². The van der Waals surface area contributed by atoms with Gasteiger partial charge in [0.25, 0.3) is 0 Å². The fourth-order valence-electron chi connectivity index (χ4n) is 3.22. The fourth-order valence-corrected chi connectivity index (χ4v) is 3.22. The van der Waals surface area contributed by atoms with E-state index in [9.17, 15) is 4.79 Å². The van der Waals surface area contributed by atoms with Crippen LogP contribution in [-0.4, -0.2) is 5.91 Å². The molecule has 0 radical (unpaired) electrons. The van der Waals surface area contributed by atoms with Crippen LogP contribution in [0.15, 0.2) is 48.5 Å². The van der Waals surface area contributed by atoms with Gasteiger partial charge in [-0.25, -0.2) is 0 Å². The second-order valence-corrected chi connectivity index (χ2v) is 6.35. The van der Waals surface area contributed by atoms with Crippen molar-refractivity contribution in [3.63, 3.8) is 0 Å². The summed E-state index contributed by atoms with van der Waals surface area (Å²) in [6, 6.07) is 15.4. The number of fused-ring (bicyclic) bond motifs is 1. The predicted octanol–water partition coefficient (Wildman–Crippen LogP) is 3.44. The molecule has 0 heterocycles. The molecule has 0 aliphatic heterocycles. The van der Waals surface area contributed by atoms with Crippen molar-refractivity contribution in [3.05, 3.63) is 70.8 Å². The van der Waals surface area contributed by atoms with Crippen LogP contribution in [-0.2, 0) is 17.6 Å². The van der Waals surface area contributed by atoms with Crippen LogP contribution in [0.5, 0.6) is 0 Å². The van der Waals surface area contributed by atoms with Crippen molar-refractivity contribution in [1.29, 1.82) is 0 Å². The summed E-state index contributed by atoms with van der Waals surface area (Å²) in [5.41, 5.74) is 10.9. The lowest BCUT2D eigenvalue weighted by Gasteiger charge is -2.21. The molecule has 3 nitrogen and oxygen atoms in total. The molecule has 1 aliphatic rings. The van der Waals surface area contributed by atoms with Gasteiger partial charge in [-0.3, -0.25) is 4.79 Å². The Hall–Kier alpha value is -2.13. The van der Waals surface area contributed by atoms with E-state index in [0.29, 0.717) is 0 Å². The first-order chi connectivity index (χ1) is 11.1. The smallest absolute Gasteiger partial charge is 0.241 e. The van der Waals surface area contributed by atoms with Gasteiger partial charge < -0.3 is 11.1 Å². The maximum Gasteiger partial charge on any atom is 0.241 e. The van der Waals surface area contributed by atoms with Gasteiger partial charge >= 0.3 is 0 Å². The Kier molecular flexibility index (Phi) is 4.77. The summed E-state index contributed by atoms with van der Waals surface area (Å²) in [6.45, 7) is 2.01. The zero-order valence-electron chi connectivity index (χ0n) is 13.6. The monoisotopic (exact) mass is 308 g/mol. The number of amides is 1. The highest BCUT2D eigenvalue weighted by Crippen LogP contribution is 2.25. The third-order valence-corrected chi connectivity index (χ3v) is 4.67. The minimum absolute atomic E-state index is 0.0375. The van der Waals surface area contributed by atoms with Gasteiger partial charge in [0.15, 0.2) is 0 Å². The molecule has 0 saturated carbocycles. The van der Waals surface area contributed by atoms with Crippen LogP contribution < -0.4 is 11.1 Å². The number of carbonyl (C=O) groups is 1. The van der Waals surface area contributed by atoms with E-state index in [4.69, 9.17) is 5.73 Å². The number of benzene rings is 2. The van der Waals surface area contributed by atoms with Gasteiger partial charge in [-0.15, -0.1) is 0 Å². The first-order valence-corrected chi connectivity index (χ1v) is 8.38. The van der Waals surface area contributed by atoms with Crippen molar-refractivity contribution in [3.8, 4) is 0 Å². The van der Waals surface area contributed by atoms with Gasteiger partial charge in [-0.1, -0.05) is 48.5 Å². The highest BCUT2D eigenvalue weighted by atomic mass is 16.2. The second kappa shape index (κ2) is 6.97. The SMILES string of the molecule is CC(NC(=O)C(N)c1ccccc1)c1ccc2c(c1)CCCC2. The molecule has 0 bridgehead atoms. The maximum atomic E-state index is 12.4. The van der Waals surface area contributed by atoms with Gasteiger partial charge in [-0.2, -0.15) is 0 Å². The minimum atomic E-state index is -0.628. The molecule has 3 rings (SSSR count). The molecule has 2 atom stereocenters. The number of nitrogens with two attached hydrogens (primary N) is 1. The first kappa shape index (κ1) is 15.8. The van der Waals surface area contributed by atoms with E-state index in [0.717, 1.165) is 17.5 Å². The molecule has 0 aromatic heterocycles. The van der Waals surface area contributed by atoms with E-state index in [1.54, 1.807) is 0 Å². The summed E-state index contributed by atoms with van der Waals surface area (Å²) in [5.74, 6) is -0.138. The van der Waals surface area contributed by atoms with Crippen LogP contribution in [0.4, 0.5) is 0 Å². The average molecular weight is 308 g/mol. The molecule has 3 heteroatoms. The maximum absolute atomic E-state index is 12.4. The van der Waals surface area contributed by atoms with Gasteiger partial charge in [0, 0.05) is 0 Å². The molecule has 2 unspecified atom stereocenters. The summed E-state index contributed by atoms with van der Waals surface area (Å²) in [5, 5.41) is 3.04. The quantitative estimate of drug-likeness (QED) is 0.909. The van der Waals surface area contributed by atoms with Gasteiger partial charge in [0.2, 0.25) is 5.91 Å². The third kappa shape index (κ3) is 3.62. The van der Waals surface area contributed by atoms with Crippen LogP contribution in [0.3, 0.4) is 0 Å². The van der Waals surface area contributed by atoms with Crippen molar-refractivity contribution < 1.29 is 4.79 Å². The van der Waals surface area contributed by atoms with Crippen molar-refractivity contribution in [1.82, 2.24) is 5.32 Å². The molecule has 23 heavy (non-hydrogen) atoms. The van der Waals surface area contributed by atoms with Crippen LogP contribution in [0.2, 0.25) is 0 Å². The summed E-state index contributed by atoms with van der Waals surface area (Å²) in [6.07, 6.45) is 4.86. The molecule has 0 fully saturated rings. The number of aryl methyl sites for hydroxylation is 2. The van der Waals surface area contributed by atoms with E-state index in [1.807, 2.05) is 37.3 Å². The molecule has 3 N–H and O–H groups in total. The zero-order chi connectivity index (χ0) is 16.2. The number of hydrogen-bond acceptors (Lipinski definition) is 2. The standard InChI is InChI=1S/C20H24N2O/c1-14(17-12-11-15-7-5-6-10-18(15)13-17)22-20(23)19(21)16-8-3-2-4-9-16/h2-4,8-9,11-14,19H,5-7,10,21H2,1H3,(H,22,23). The minimum Gasteiger partial charge on any atom is -0.348 e. The van der Waals surface area contributed by atoms with E-state index < -0.39 is 6.04 Å². The summed E-state index contributed by atoms with van der Waals surface area (Å²) >= 11 is 0.